The van der Waals surface area contributed by atoms with Gasteiger partial charge < -0.3 is 24.8 Å². The summed E-state index contributed by atoms with van der Waals surface area (Å²) < 4.78 is 41.2. The van der Waals surface area contributed by atoms with E-state index in [1.54, 1.807) is 32.2 Å². The standard InChI is InChI=1S/C21H34F2N4O3/c1-4-24-21(26-15-17-9-7-11-27(17)12-13-28-3)25-14-16-8-6-10-18(29-5-2)19(16)30-20(22)23/h6,8,10,17,20H,4-5,7,9,11-15H2,1-3H3,(H2,24,25,26). The van der Waals surface area contributed by atoms with Gasteiger partial charge in [0.1, 0.15) is 0 Å². The molecule has 0 bridgehead atoms. The Bertz CT molecular complexity index is 661. The number of nitrogens with zero attached hydrogens (tertiary/aromatic N) is 2. The molecule has 0 aromatic heterocycles. The first-order valence-corrected chi connectivity index (χ1v) is 10.5. The van der Waals surface area contributed by atoms with Gasteiger partial charge in [0.15, 0.2) is 17.5 Å². The van der Waals surface area contributed by atoms with Crippen LogP contribution < -0.4 is 20.1 Å². The average Bonchev–Trinajstić information content (AvgIpc) is 3.17. The van der Waals surface area contributed by atoms with E-state index in [-0.39, 0.29) is 12.3 Å². The molecule has 1 fully saturated rings. The number of methoxy groups -OCH3 is 1. The predicted molar refractivity (Wildman–Crippen MR) is 114 cm³/mol. The molecule has 1 atom stereocenters. The van der Waals surface area contributed by atoms with Gasteiger partial charge in [-0.3, -0.25) is 4.90 Å². The summed E-state index contributed by atoms with van der Waals surface area (Å²) >= 11 is 0. The first kappa shape index (κ1) is 24.1. The maximum Gasteiger partial charge on any atom is 0.387 e. The smallest absolute Gasteiger partial charge is 0.387 e. The van der Waals surface area contributed by atoms with Crippen LogP contribution in [0, 0.1) is 0 Å². The number of hydrogen-bond acceptors (Lipinski definition) is 5. The Morgan fingerprint density at radius 3 is 2.83 bits per heavy atom. The Kier molecular flexibility index (Phi) is 10.6. The Labute approximate surface area is 177 Å². The van der Waals surface area contributed by atoms with Gasteiger partial charge in [0.05, 0.1) is 19.8 Å². The minimum absolute atomic E-state index is 0.0375. The van der Waals surface area contributed by atoms with Crippen molar-refractivity contribution in [3.63, 3.8) is 0 Å². The number of ether oxygens (including phenoxy) is 3. The van der Waals surface area contributed by atoms with Crippen LogP contribution in [0.4, 0.5) is 8.78 Å². The van der Waals surface area contributed by atoms with Crippen molar-refractivity contribution in [2.75, 3.05) is 46.5 Å². The molecule has 1 heterocycles. The highest BCUT2D eigenvalue weighted by Crippen LogP contribution is 2.33. The number of aliphatic imine (C=N–C) groups is 1. The zero-order chi connectivity index (χ0) is 21.8. The van der Waals surface area contributed by atoms with E-state index in [0.717, 1.165) is 26.1 Å². The maximum absolute atomic E-state index is 12.9. The average molecular weight is 429 g/mol. The molecule has 2 N–H and O–H groups in total. The Morgan fingerprint density at radius 2 is 2.13 bits per heavy atom. The van der Waals surface area contributed by atoms with Gasteiger partial charge in [0.2, 0.25) is 0 Å². The molecule has 0 spiro atoms. The van der Waals surface area contributed by atoms with Crippen molar-refractivity contribution in [2.24, 2.45) is 4.99 Å². The van der Waals surface area contributed by atoms with Gasteiger partial charge in [0, 0.05) is 38.3 Å². The summed E-state index contributed by atoms with van der Waals surface area (Å²) in [5.41, 5.74) is 0.543. The number of para-hydroxylation sites is 1. The second-order valence-electron chi connectivity index (χ2n) is 6.96. The number of alkyl halides is 2. The van der Waals surface area contributed by atoms with Crippen molar-refractivity contribution in [1.29, 1.82) is 0 Å². The van der Waals surface area contributed by atoms with E-state index < -0.39 is 6.61 Å². The van der Waals surface area contributed by atoms with E-state index in [9.17, 15) is 8.78 Å². The quantitative estimate of drug-likeness (QED) is 0.394. The molecule has 0 amide bonds. The number of likely N-dealkylation sites (tertiary alicyclic amines) is 1. The third-order valence-corrected chi connectivity index (χ3v) is 4.91. The Morgan fingerprint density at radius 1 is 1.30 bits per heavy atom. The first-order chi connectivity index (χ1) is 14.6. The molecule has 1 aromatic carbocycles. The molecule has 9 heteroatoms. The predicted octanol–water partition coefficient (Wildman–Crippen LogP) is 2.85. The van der Waals surface area contributed by atoms with Crippen LogP contribution in [0.5, 0.6) is 11.5 Å². The van der Waals surface area contributed by atoms with Crippen LogP contribution in [-0.4, -0.2) is 70.0 Å². The highest BCUT2D eigenvalue weighted by Gasteiger charge is 2.24. The van der Waals surface area contributed by atoms with Gasteiger partial charge in [-0.2, -0.15) is 8.78 Å². The molecule has 1 aromatic rings. The molecule has 1 aliphatic heterocycles. The van der Waals surface area contributed by atoms with Crippen molar-refractivity contribution in [3.8, 4) is 11.5 Å². The van der Waals surface area contributed by atoms with E-state index in [2.05, 4.69) is 20.5 Å². The van der Waals surface area contributed by atoms with Gasteiger partial charge in [-0.1, -0.05) is 12.1 Å². The summed E-state index contributed by atoms with van der Waals surface area (Å²) in [6.45, 7) is 5.56. The number of hydrogen-bond donors (Lipinski definition) is 2. The molecule has 30 heavy (non-hydrogen) atoms. The highest BCUT2D eigenvalue weighted by molar-refractivity contribution is 5.79. The summed E-state index contributed by atoms with van der Waals surface area (Å²) in [6, 6.07) is 5.51. The molecule has 170 valence electrons. The lowest BCUT2D eigenvalue weighted by Gasteiger charge is -2.25. The lowest BCUT2D eigenvalue weighted by Crippen LogP contribution is -2.45. The maximum atomic E-state index is 12.9. The summed E-state index contributed by atoms with van der Waals surface area (Å²) in [4.78, 5) is 6.99. The van der Waals surface area contributed by atoms with Gasteiger partial charge in [-0.05, 0) is 39.3 Å². The molecule has 1 saturated heterocycles. The fourth-order valence-electron chi connectivity index (χ4n) is 3.53. The molecule has 1 unspecified atom stereocenters. The molecule has 0 aliphatic carbocycles. The normalized spacial score (nSPS) is 17.4. The molecule has 1 aliphatic rings. The van der Waals surface area contributed by atoms with Crippen molar-refractivity contribution in [1.82, 2.24) is 15.5 Å². The lowest BCUT2D eigenvalue weighted by atomic mass is 10.2. The number of halogens is 2. The van der Waals surface area contributed by atoms with Crippen molar-refractivity contribution < 1.29 is 23.0 Å². The number of benzene rings is 1. The summed E-state index contributed by atoms with van der Waals surface area (Å²) in [7, 11) is 1.71. The van der Waals surface area contributed by atoms with Crippen LogP contribution in [0.25, 0.3) is 0 Å². The van der Waals surface area contributed by atoms with E-state index in [4.69, 9.17) is 14.2 Å². The van der Waals surface area contributed by atoms with Crippen molar-refractivity contribution >= 4 is 5.96 Å². The first-order valence-electron chi connectivity index (χ1n) is 10.5. The molecular formula is C21H34F2N4O3. The monoisotopic (exact) mass is 428 g/mol. The zero-order valence-corrected chi connectivity index (χ0v) is 18.1. The summed E-state index contributed by atoms with van der Waals surface area (Å²) in [6.07, 6.45) is 2.29. The van der Waals surface area contributed by atoms with Gasteiger partial charge in [-0.15, -0.1) is 0 Å². The number of guanidine groups is 1. The van der Waals surface area contributed by atoms with E-state index in [1.165, 1.54) is 6.42 Å². The second-order valence-corrected chi connectivity index (χ2v) is 6.96. The summed E-state index contributed by atoms with van der Waals surface area (Å²) in [5, 5.41) is 6.59. The van der Waals surface area contributed by atoms with Crippen molar-refractivity contribution in [3.05, 3.63) is 23.8 Å². The largest absolute Gasteiger partial charge is 0.490 e. The van der Waals surface area contributed by atoms with E-state index in [1.807, 2.05) is 6.92 Å². The fourth-order valence-corrected chi connectivity index (χ4v) is 3.53. The third kappa shape index (κ3) is 7.60. The van der Waals surface area contributed by atoms with Crippen LogP contribution in [0.1, 0.15) is 32.3 Å². The molecule has 2 rings (SSSR count). The summed E-state index contributed by atoms with van der Waals surface area (Å²) in [5.74, 6) is 0.972. The molecule has 7 nitrogen and oxygen atoms in total. The lowest BCUT2D eigenvalue weighted by molar-refractivity contribution is -0.0520. The van der Waals surface area contributed by atoms with Crippen LogP contribution in [0.15, 0.2) is 23.2 Å². The minimum Gasteiger partial charge on any atom is -0.490 e. The number of nitrogens with one attached hydrogen (secondary N) is 2. The van der Waals surface area contributed by atoms with E-state index >= 15 is 0 Å². The van der Waals surface area contributed by atoms with Crippen molar-refractivity contribution in [2.45, 2.75) is 45.9 Å². The van der Waals surface area contributed by atoms with Crippen LogP contribution >= 0.6 is 0 Å². The highest BCUT2D eigenvalue weighted by atomic mass is 19.3. The third-order valence-electron chi connectivity index (χ3n) is 4.91. The minimum atomic E-state index is -2.93. The van der Waals surface area contributed by atoms with Gasteiger partial charge in [-0.25, -0.2) is 4.99 Å². The number of rotatable bonds is 12. The second kappa shape index (κ2) is 13.2. The topological polar surface area (TPSA) is 67.4 Å². The van der Waals surface area contributed by atoms with Crippen LogP contribution in [0.2, 0.25) is 0 Å². The molecule has 0 radical (unpaired) electrons. The molecular weight excluding hydrogens is 394 g/mol. The fraction of sp³-hybridized carbons (Fsp3) is 0.667. The SMILES string of the molecule is CCNC(=NCc1cccc(OCC)c1OC(F)F)NCC1CCCN1CCOC. The van der Waals surface area contributed by atoms with E-state index in [0.29, 0.717) is 43.1 Å². The Hall–Kier alpha value is -2.13. The molecule has 0 saturated carbocycles. The van der Waals surface area contributed by atoms with Crippen LogP contribution in [0.3, 0.4) is 0 Å². The Balaban J connectivity index is 2.06. The zero-order valence-electron chi connectivity index (χ0n) is 18.1. The van der Waals surface area contributed by atoms with Gasteiger partial charge in [0.25, 0.3) is 0 Å². The van der Waals surface area contributed by atoms with Crippen LogP contribution in [-0.2, 0) is 11.3 Å². The van der Waals surface area contributed by atoms with Gasteiger partial charge >= 0.3 is 6.61 Å².